The van der Waals surface area contributed by atoms with Gasteiger partial charge in [-0.2, -0.15) is 5.10 Å². The molecule has 0 aliphatic carbocycles. The zero-order valence-corrected chi connectivity index (χ0v) is 12.8. The van der Waals surface area contributed by atoms with Gasteiger partial charge >= 0.3 is 0 Å². The first-order valence-electron chi connectivity index (χ1n) is 6.16. The Hall–Kier alpha value is -1.20. The fourth-order valence-corrected chi connectivity index (χ4v) is 2.71. The van der Waals surface area contributed by atoms with E-state index < -0.39 is 0 Å². The minimum atomic E-state index is -0.333. The summed E-state index contributed by atoms with van der Waals surface area (Å²) in [6, 6.07) is 4.55. The molecule has 0 bridgehead atoms. The lowest BCUT2D eigenvalue weighted by Crippen LogP contribution is -2.20. The Labute approximate surface area is 120 Å². The summed E-state index contributed by atoms with van der Waals surface area (Å²) in [5.74, 6) is -0.245. The number of nitrogens with zero attached hydrogens (tertiary/aromatic N) is 2. The molecule has 0 saturated heterocycles. The average Bonchev–Trinajstić information content (AvgIpc) is 2.70. The zero-order valence-electron chi connectivity index (χ0n) is 11.2. The van der Waals surface area contributed by atoms with Crippen molar-refractivity contribution in [1.82, 2.24) is 9.78 Å². The number of aromatic nitrogens is 2. The third-order valence-electron chi connectivity index (χ3n) is 3.14. The van der Waals surface area contributed by atoms with Crippen molar-refractivity contribution in [3.05, 3.63) is 51.5 Å². The Bertz CT molecular complexity index is 592. The molecule has 3 nitrogen and oxygen atoms in total. The van der Waals surface area contributed by atoms with E-state index in [4.69, 9.17) is 5.73 Å². The highest BCUT2D eigenvalue weighted by molar-refractivity contribution is 9.10. The van der Waals surface area contributed by atoms with Gasteiger partial charge in [-0.15, -0.1) is 0 Å². The fourth-order valence-electron chi connectivity index (χ4n) is 2.19. The Balaban J connectivity index is 2.49. The van der Waals surface area contributed by atoms with Crippen LogP contribution in [-0.2, 0) is 0 Å². The predicted molar refractivity (Wildman–Crippen MR) is 77.5 cm³/mol. The van der Waals surface area contributed by atoms with Gasteiger partial charge in [0.05, 0.1) is 22.4 Å². The van der Waals surface area contributed by atoms with Gasteiger partial charge in [0.1, 0.15) is 5.82 Å². The zero-order chi connectivity index (χ0) is 14.2. The third kappa shape index (κ3) is 2.72. The normalized spacial score (nSPS) is 13.0. The molecule has 5 heteroatoms. The Morgan fingerprint density at radius 2 is 2.05 bits per heavy atom. The Morgan fingerprint density at radius 3 is 2.63 bits per heavy atom. The highest BCUT2D eigenvalue weighted by atomic mass is 79.9. The molecule has 0 aliphatic heterocycles. The van der Waals surface area contributed by atoms with E-state index in [0.717, 1.165) is 21.3 Å². The van der Waals surface area contributed by atoms with Crippen LogP contribution >= 0.6 is 15.9 Å². The third-order valence-corrected chi connectivity index (χ3v) is 3.75. The number of hydrogen-bond acceptors (Lipinski definition) is 2. The molecule has 19 heavy (non-hydrogen) atoms. The van der Waals surface area contributed by atoms with Crippen molar-refractivity contribution in [2.45, 2.75) is 32.9 Å². The molecule has 2 N–H and O–H groups in total. The quantitative estimate of drug-likeness (QED) is 0.934. The van der Waals surface area contributed by atoms with E-state index in [1.54, 1.807) is 12.3 Å². The topological polar surface area (TPSA) is 43.8 Å². The first-order valence-corrected chi connectivity index (χ1v) is 6.95. The van der Waals surface area contributed by atoms with Crippen LogP contribution in [-0.4, -0.2) is 9.78 Å². The maximum atomic E-state index is 13.2. The lowest BCUT2D eigenvalue weighted by Gasteiger charge is -2.19. The van der Waals surface area contributed by atoms with Gasteiger partial charge in [0.25, 0.3) is 0 Å². The highest BCUT2D eigenvalue weighted by Crippen LogP contribution is 2.30. The number of rotatable bonds is 3. The summed E-state index contributed by atoms with van der Waals surface area (Å²) in [6.07, 6.45) is 1.74. The molecule has 0 spiro atoms. The molecule has 2 aromatic rings. The van der Waals surface area contributed by atoms with E-state index in [1.807, 2.05) is 25.5 Å². The first kappa shape index (κ1) is 14.2. The van der Waals surface area contributed by atoms with Crippen LogP contribution in [0.5, 0.6) is 0 Å². The van der Waals surface area contributed by atoms with Gasteiger partial charge in [-0.25, -0.2) is 4.39 Å². The molecule has 1 aromatic carbocycles. The Kier molecular flexibility index (Phi) is 4.06. The van der Waals surface area contributed by atoms with Crippen molar-refractivity contribution in [3.8, 4) is 0 Å². The summed E-state index contributed by atoms with van der Waals surface area (Å²) >= 11 is 3.48. The smallest absolute Gasteiger partial charge is 0.123 e. The lowest BCUT2D eigenvalue weighted by molar-refractivity contribution is 0.498. The first-order chi connectivity index (χ1) is 8.91. The second-order valence-corrected chi connectivity index (χ2v) is 5.75. The van der Waals surface area contributed by atoms with Crippen molar-refractivity contribution in [1.29, 1.82) is 0 Å². The molecule has 0 fully saturated rings. The van der Waals surface area contributed by atoms with Crippen molar-refractivity contribution in [2.24, 2.45) is 5.73 Å². The molecule has 2 rings (SSSR count). The fraction of sp³-hybridized carbons (Fsp3) is 0.357. The molecular formula is C14H17BrFN3. The molecule has 1 unspecified atom stereocenters. The predicted octanol–water partition coefficient (Wildman–Crippen LogP) is 3.72. The maximum Gasteiger partial charge on any atom is 0.123 e. The number of hydrogen-bond donors (Lipinski definition) is 1. The number of benzene rings is 1. The molecule has 1 atom stereocenters. The summed E-state index contributed by atoms with van der Waals surface area (Å²) in [5.41, 5.74) is 9.00. The monoisotopic (exact) mass is 325 g/mol. The van der Waals surface area contributed by atoms with Crippen LogP contribution in [0.1, 0.15) is 42.8 Å². The number of aryl methyl sites for hydroxylation is 1. The van der Waals surface area contributed by atoms with E-state index in [0.29, 0.717) is 0 Å². The maximum absolute atomic E-state index is 13.2. The van der Waals surface area contributed by atoms with Crippen molar-refractivity contribution >= 4 is 15.9 Å². The van der Waals surface area contributed by atoms with Gasteiger partial charge in [0.15, 0.2) is 0 Å². The summed E-state index contributed by atoms with van der Waals surface area (Å²) < 4.78 is 15.9. The second kappa shape index (κ2) is 5.43. The molecule has 1 heterocycles. The average molecular weight is 326 g/mol. The van der Waals surface area contributed by atoms with Crippen molar-refractivity contribution in [3.63, 3.8) is 0 Å². The van der Waals surface area contributed by atoms with E-state index in [2.05, 4.69) is 21.0 Å². The Morgan fingerprint density at radius 1 is 1.37 bits per heavy atom. The van der Waals surface area contributed by atoms with Crippen molar-refractivity contribution < 1.29 is 4.39 Å². The van der Waals surface area contributed by atoms with E-state index in [1.165, 1.54) is 12.1 Å². The largest absolute Gasteiger partial charge is 0.319 e. The molecule has 0 radical (unpaired) electrons. The van der Waals surface area contributed by atoms with Crippen LogP contribution in [0, 0.1) is 12.7 Å². The molecule has 102 valence electrons. The van der Waals surface area contributed by atoms with Gasteiger partial charge < -0.3 is 5.73 Å². The van der Waals surface area contributed by atoms with Crippen LogP contribution < -0.4 is 5.73 Å². The summed E-state index contributed by atoms with van der Waals surface area (Å²) in [4.78, 5) is 0. The van der Waals surface area contributed by atoms with Gasteiger partial charge in [0.2, 0.25) is 0 Å². The molecule has 0 saturated carbocycles. The second-order valence-electron chi connectivity index (χ2n) is 4.89. The van der Waals surface area contributed by atoms with Crippen LogP contribution in [0.4, 0.5) is 4.39 Å². The lowest BCUT2D eigenvalue weighted by atomic mass is 9.99. The van der Waals surface area contributed by atoms with Gasteiger partial charge in [0, 0.05) is 6.04 Å². The molecule has 0 amide bonds. The van der Waals surface area contributed by atoms with Crippen LogP contribution in [0.3, 0.4) is 0 Å². The summed E-state index contributed by atoms with van der Waals surface area (Å²) in [6.45, 7) is 5.96. The standard InChI is InChI=1S/C14H17BrFN3/c1-8(2)19-14(12(15)7-18-19)13(17)11-5-4-10(16)6-9(11)3/h4-8,13H,17H2,1-3H3. The minimum Gasteiger partial charge on any atom is -0.319 e. The highest BCUT2D eigenvalue weighted by Gasteiger charge is 2.21. The number of nitrogens with two attached hydrogens (primary N) is 1. The van der Waals surface area contributed by atoms with Gasteiger partial charge in [-0.3, -0.25) is 4.68 Å². The van der Waals surface area contributed by atoms with Crippen LogP contribution in [0.15, 0.2) is 28.9 Å². The van der Waals surface area contributed by atoms with Crippen LogP contribution in [0.25, 0.3) is 0 Å². The molecule has 1 aromatic heterocycles. The summed E-state index contributed by atoms with van der Waals surface area (Å²) in [5, 5.41) is 4.32. The molecular weight excluding hydrogens is 309 g/mol. The van der Waals surface area contributed by atoms with Gasteiger partial charge in [-0.05, 0) is 60.0 Å². The van der Waals surface area contributed by atoms with E-state index in [-0.39, 0.29) is 17.9 Å². The van der Waals surface area contributed by atoms with Gasteiger partial charge in [-0.1, -0.05) is 6.07 Å². The van der Waals surface area contributed by atoms with Crippen LogP contribution in [0.2, 0.25) is 0 Å². The molecule has 0 aliphatic rings. The minimum absolute atomic E-state index is 0.216. The van der Waals surface area contributed by atoms with Crippen molar-refractivity contribution in [2.75, 3.05) is 0 Å². The van der Waals surface area contributed by atoms with E-state index in [9.17, 15) is 4.39 Å². The SMILES string of the molecule is Cc1cc(F)ccc1C(N)c1c(Br)cnn1C(C)C. The number of halogens is 2. The van der Waals surface area contributed by atoms with E-state index >= 15 is 0 Å². The summed E-state index contributed by atoms with van der Waals surface area (Å²) in [7, 11) is 0.